The highest BCUT2D eigenvalue weighted by Gasteiger charge is 2.08. The van der Waals surface area contributed by atoms with Crippen LogP contribution in [0.3, 0.4) is 0 Å². The van der Waals surface area contributed by atoms with E-state index in [0.29, 0.717) is 17.3 Å². The summed E-state index contributed by atoms with van der Waals surface area (Å²) < 4.78 is 2.14. The van der Waals surface area contributed by atoms with Gasteiger partial charge in [0.25, 0.3) is 0 Å². The van der Waals surface area contributed by atoms with Crippen LogP contribution < -0.4 is 10.6 Å². The van der Waals surface area contributed by atoms with E-state index in [9.17, 15) is 4.79 Å². The van der Waals surface area contributed by atoms with Crippen LogP contribution in [0.4, 0.5) is 10.5 Å². The topological polar surface area (TPSA) is 46.1 Å². The number of hydrogen-bond donors (Lipinski definition) is 2. The average Bonchev–Trinajstić information content (AvgIpc) is 3.04. The first-order valence-corrected chi connectivity index (χ1v) is 8.90. The van der Waals surface area contributed by atoms with Crippen molar-refractivity contribution in [2.75, 3.05) is 5.32 Å². The van der Waals surface area contributed by atoms with E-state index in [1.54, 1.807) is 6.07 Å². The van der Waals surface area contributed by atoms with Crippen molar-refractivity contribution >= 4 is 23.3 Å². The normalized spacial score (nSPS) is 10.6. The third-order valence-corrected chi connectivity index (χ3v) is 4.71. The van der Waals surface area contributed by atoms with Crippen LogP contribution in [0.2, 0.25) is 5.02 Å². The second-order valence-electron chi connectivity index (χ2n) is 6.34. The second kappa shape index (κ2) is 8.11. The highest BCUT2D eigenvalue weighted by molar-refractivity contribution is 6.31. The number of nitrogens with one attached hydrogen (secondary N) is 2. The SMILES string of the molecule is Cc1cccc(Cn2cccc2CNC(=O)Nc2cccc(Cl)c2C)c1. The fraction of sp³-hybridized carbons (Fsp3) is 0.190. The van der Waals surface area contributed by atoms with Gasteiger partial charge in [0.1, 0.15) is 0 Å². The van der Waals surface area contributed by atoms with Crippen LogP contribution >= 0.6 is 11.6 Å². The first kappa shape index (κ1) is 18.1. The Morgan fingerprint density at radius 1 is 1.08 bits per heavy atom. The minimum atomic E-state index is -0.251. The fourth-order valence-electron chi connectivity index (χ4n) is 2.85. The Morgan fingerprint density at radius 3 is 2.69 bits per heavy atom. The molecule has 0 aliphatic rings. The number of amides is 2. The maximum Gasteiger partial charge on any atom is 0.319 e. The first-order chi connectivity index (χ1) is 12.5. The van der Waals surface area contributed by atoms with Gasteiger partial charge < -0.3 is 15.2 Å². The third kappa shape index (κ3) is 4.46. The molecule has 134 valence electrons. The number of rotatable bonds is 5. The van der Waals surface area contributed by atoms with Crippen LogP contribution in [-0.2, 0) is 13.1 Å². The number of benzene rings is 2. The summed E-state index contributed by atoms with van der Waals surface area (Å²) in [6, 6.07) is 17.6. The molecule has 0 fully saturated rings. The van der Waals surface area contributed by atoms with E-state index < -0.39 is 0 Å². The summed E-state index contributed by atoms with van der Waals surface area (Å²) >= 11 is 6.09. The Labute approximate surface area is 158 Å². The number of carbonyl (C=O) groups excluding carboxylic acids is 1. The summed E-state index contributed by atoms with van der Waals surface area (Å²) in [5.74, 6) is 0. The number of carbonyl (C=O) groups is 1. The van der Waals surface area contributed by atoms with Crippen LogP contribution in [0.15, 0.2) is 60.8 Å². The lowest BCUT2D eigenvalue weighted by Gasteiger charge is -2.13. The van der Waals surface area contributed by atoms with Gasteiger partial charge in [0.15, 0.2) is 0 Å². The van der Waals surface area contributed by atoms with Crippen molar-refractivity contribution in [1.82, 2.24) is 9.88 Å². The molecule has 1 heterocycles. The highest BCUT2D eigenvalue weighted by atomic mass is 35.5. The van der Waals surface area contributed by atoms with Gasteiger partial charge in [-0.2, -0.15) is 0 Å². The average molecular weight is 368 g/mol. The summed E-state index contributed by atoms with van der Waals surface area (Å²) in [5.41, 5.74) is 5.09. The molecule has 0 bridgehead atoms. The third-order valence-electron chi connectivity index (χ3n) is 4.30. The fourth-order valence-corrected chi connectivity index (χ4v) is 3.03. The van der Waals surface area contributed by atoms with E-state index in [-0.39, 0.29) is 6.03 Å². The van der Waals surface area contributed by atoms with Gasteiger partial charge in [0.05, 0.1) is 6.54 Å². The van der Waals surface area contributed by atoms with E-state index in [1.165, 1.54) is 11.1 Å². The maximum absolute atomic E-state index is 12.2. The molecule has 0 saturated carbocycles. The van der Waals surface area contributed by atoms with E-state index in [0.717, 1.165) is 17.8 Å². The van der Waals surface area contributed by atoms with E-state index >= 15 is 0 Å². The maximum atomic E-state index is 12.2. The minimum absolute atomic E-state index is 0.251. The van der Waals surface area contributed by atoms with Crippen LogP contribution in [0, 0.1) is 13.8 Å². The van der Waals surface area contributed by atoms with Gasteiger partial charge in [-0.3, -0.25) is 0 Å². The van der Waals surface area contributed by atoms with Gasteiger partial charge in [-0.15, -0.1) is 0 Å². The molecule has 1 aromatic heterocycles. The minimum Gasteiger partial charge on any atom is -0.345 e. The molecule has 4 nitrogen and oxygen atoms in total. The molecule has 5 heteroatoms. The Balaban J connectivity index is 1.61. The zero-order valence-corrected chi connectivity index (χ0v) is 15.7. The number of nitrogens with zero attached hydrogens (tertiary/aromatic N) is 1. The van der Waals surface area contributed by atoms with Gasteiger partial charge in [-0.1, -0.05) is 47.5 Å². The Hall–Kier alpha value is -2.72. The Kier molecular flexibility index (Phi) is 5.64. The molecule has 2 aromatic carbocycles. The summed E-state index contributed by atoms with van der Waals surface area (Å²) in [4.78, 5) is 12.2. The largest absolute Gasteiger partial charge is 0.345 e. The molecule has 3 rings (SSSR count). The van der Waals surface area contributed by atoms with Crippen molar-refractivity contribution in [2.24, 2.45) is 0 Å². The summed E-state index contributed by atoms with van der Waals surface area (Å²) in [6.07, 6.45) is 2.03. The number of anilines is 1. The predicted octanol–water partition coefficient (Wildman–Crippen LogP) is 5.13. The van der Waals surface area contributed by atoms with Crippen LogP contribution in [0.1, 0.15) is 22.4 Å². The van der Waals surface area contributed by atoms with E-state index in [2.05, 4.69) is 46.4 Å². The number of aryl methyl sites for hydroxylation is 1. The van der Waals surface area contributed by atoms with E-state index in [4.69, 9.17) is 11.6 Å². The standard InChI is InChI=1S/C21H22ClN3O/c1-15-6-3-7-17(12-15)14-25-11-5-8-18(25)13-23-21(26)24-20-10-4-9-19(22)16(20)2/h3-12H,13-14H2,1-2H3,(H2,23,24,26). The van der Waals surface area contributed by atoms with Crippen molar-refractivity contribution < 1.29 is 4.79 Å². The molecule has 0 aliphatic carbocycles. The van der Waals surface area contributed by atoms with Gasteiger partial charge in [-0.05, 0) is 49.2 Å². The number of hydrogen-bond acceptors (Lipinski definition) is 1. The van der Waals surface area contributed by atoms with E-state index in [1.807, 2.05) is 37.4 Å². The monoisotopic (exact) mass is 367 g/mol. The van der Waals surface area contributed by atoms with Crippen molar-refractivity contribution in [3.8, 4) is 0 Å². The molecule has 0 spiro atoms. The van der Waals surface area contributed by atoms with Gasteiger partial charge in [0.2, 0.25) is 0 Å². The van der Waals surface area contributed by atoms with Crippen LogP contribution in [0.5, 0.6) is 0 Å². The lowest BCUT2D eigenvalue weighted by molar-refractivity contribution is 0.251. The Bertz CT molecular complexity index is 917. The van der Waals surface area contributed by atoms with Gasteiger partial charge in [-0.25, -0.2) is 4.79 Å². The molecular weight excluding hydrogens is 346 g/mol. The van der Waals surface area contributed by atoms with Crippen molar-refractivity contribution in [3.63, 3.8) is 0 Å². The molecule has 2 N–H and O–H groups in total. The Morgan fingerprint density at radius 2 is 1.88 bits per heavy atom. The van der Waals surface area contributed by atoms with Crippen molar-refractivity contribution in [3.05, 3.63) is 88.2 Å². The molecule has 3 aromatic rings. The summed E-state index contributed by atoms with van der Waals surface area (Å²) in [7, 11) is 0. The summed E-state index contributed by atoms with van der Waals surface area (Å²) in [6.45, 7) is 5.19. The van der Waals surface area contributed by atoms with Gasteiger partial charge >= 0.3 is 6.03 Å². The predicted molar refractivity (Wildman–Crippen MR) is 107 cm³/mol. The zero-order chi connectivity index (χ0) is 18.5. The van der Waals surface area contributed by atoms with Crippen molar-refractivity contribution in [2.45, 2.75) is 26.9 Å². The first-order valence-electron chi connectivity index (χ1n) is 8.52. The van der Waals surface area contributed by atoms with Crippen LogP contribution in [0.25, 0.3) is 0 Å². The number of halogens is 1. The molecule has 26 heavy (non-hydrogen) atoms. The quantitative estimate of drug-likeness (QED) is 0.645. The lowest BCUT2D eigenvalue weighted by atomic mass is 10.1. The molecule has 0 unspecified atom stereocenters. The molecular formula is C21H22ClN3O. The molecule has 0 radical (unpaired) electrons. The van der Waals surface area contributed by atoms with Crippen molar-refractivity contribution in [1.29, 1.82) is 0 Å². The number of aromatic nitrogens is 1. The summed E-state index contributed by atoms with van der Waals surface area (Å²) in [5, 5.41) is 6.38. The molecule has 0 atom stereocenters. The smallest absolute Gasteiger partial charge is 0.319 e. The lowest BCUT2D eigenvalue weighted by Crippen LogP contribution is -2.29. The highest BCUT2D eigenvalue weighted by Crippen LogP contribution is 2.22. The second-order valence-corrected chi connectivity index (χ2v) is 6.74. The van der Waals surface area contributed by atoms with Gasteiger partial charge in [0, 0.05) is 29.1 Å². The molecule has 0 saturated heterocycles. The molecule has 2 amide bonds. The number of urea groups is 1. The van der Waals surface area contributed by atoms with Crippen LogP contribution in [-0.4, -0.2) is 10.6 Å². The molecule has 0 aliphatic heterocycles. The zero-order valence-electron chi connectivity index (χ0n) is 14.9.